The van der Waals surface area contributed by atoms with Crippen LogP contribution in [0.1, 0.15) is 20.8 Å². The molecule has 0 radical (unpaired) electrons. The molecule has 0 fully saturated rings. The average molecular weight is 714 g/mol. The maximum Gasteiger partial charge on any atom is 0.460 e. The second kappa shape index (κ2) is 9.83. The molecule has 3 nitrogen and oxygen atoms in total. The van der Waals surface area contributed by atoms with Crippen LogP contribution in [-0.4, -0.2) is 75.5 Å². The van der Waals surface area contributed by atoms with E-state index in [-0.39, 0.29) is 0 Å². The second-order valence-corrected chi connectivity index (χ2v) is 16.5. The van der Waals surface area contributed by atoms with Gasteiger partial charge in [-0.1, -0.05) is 20.8 Å². The van der Waals surface area contributed by atoms with E-state index in [0.717, 1.165) is 20.8 Å². The van der Waals surface area contributed by atoms with Gasteiger partial charge in [0.1, 0.15) is 0 Å². The molecular formula is C16H15F21O3SSi. The van der Waals surface area contributed by atoms with Gasteiger partial charge in [-0.3, -0.25) is 0 Å². The SMILES string of the molecule is CC(C)(C)[Si](C)(C)OS(=O)(=O)C(F)(F)C(F)(F)C(F)(F)C(F)(F)C(F)(F)C(F)(F)C(F)(F)C(F)(F)C(F)(F)C(F)(F)F. The number of rotatable bonds is 11. The standard InChI is InChI=1S/C16H15F21O3SSi/c1-6(2,3)42(4,5)40-41(38,39)16(36,37)14(31,32)12(27,28)10(23,24)8(19,20)7(17,18)9(21,22)11(25,26)13(29,30)15(33,34)35/h1-5H3. The Kier molecular flexibility index (Phi) is 9.51. The molecule has 0 spiro atoms. The first-order valence-electron chi connectivity index (χ1n) is 9.88. The molecular weight excluding hydrogens is 699 g/mol. The van der Waals surface area contributed by atoms with Crippen molar-refractivity contribution >= 4 is 18.4 Å². The van der Waals surface area contributed by atoms with E-state index in [9.17, 15) is 101 Å². The van der Waals surface area contributed by atoms with Crippen molar-refractivity contribution in [1.29, 1.82) is 0 Å². The quantitative estimate of drug-likeness (QED) is 0.159. The van der Waals surface area contributed by atoms with Gasteiger partial charge in [-0.15, -0.1) is 0 Å². The molecule has 0 aliphatic rings. The number of halogens is 21. The molecule has 0 N–H and O–H groups in total. The van der Waals surface area contributed by atoms with Crippen molar-refractivity contribution < 1.29 is 104 Å². The smallest absolute Gasteiger partial charge is 0.310 e. The van der Waals surface area contributed by atoms with E-state index in [0.29, 0.717) is 13.1 Å². The summed E-state index contributed by atoms with van der Waals surface area (Å²) in [6, 6.07) is 0. The summed E-state index contributed by atoms with van der Waals surface area (Å²) in [5.74, 6) is -72.4. The number of alkyl halides is 21. The third kappa shape index (κ3) is 5.10. The highest BCUT2D eigenvalue weighted by atomic mass is 32.2. The van der Waals surface area contributed by atoms with E-state index >= 15 is 0 Å². The fraction of sp³-hybridized carbons (Fsp3) is 1.00. The molecule has 0 saturated heterocycles. The summed E-state index contributed by atoms with van der Waals surface area (Å²) in [4.78, 5) is 0. The van der Waals surface area contributed by atoms with Crippen LogP contribution < -0.4 is 0 Å². The Morgan fingerprint density at radius 3 is 0.857 bits per heavy atom. The maximum absolute atomic E-state index is 14.1. The van der Waals surface area contributed by atoms with Crippen molar-refractivity contribution in [2.75, 3.05) is 0 Å². The minimum absolute atomic E-state index is 0.596. The van der Waals surface area contributed by atoms with E-state index in [1.165, 1.54) is 0 Å². The van der Waals surface area contributed by atoms with Crippen molar-refractivity contribution in [3.63, 3.8) is 0 Å². The average Bonchev–Trinajstić information content (AvgIpc) is 2.69. The Hall–Kier alpha value is -1.34. The lowest BCUT2D eigenvalue weighted by Gasteiger charge is -2.44. The third-order valence-corrected chi connectivity index (χ3v) is 13.0. The van der Waals surface area contributed by atoms with Gasteiger partial charge < -0.3 is 3.87 Å². The lowest BCUT2D eigenvalue weighted by atomic mass is 9.87. The Morgan fingerprint density at radius 1 is 0.429 bits per heavy atom. The third-order valence-electron chi connectivity index (χ3n) is 5.92. The van der Waals surface area contributed by atoms with Crippen LogP contribution in [0, 0.1) is 0 Å². The van der Waals surface area contributed by atoms with Crippen LogP contribution in [0.3, 0.4) is 0 Å². The van der Waals surface area contributed by atoms with Gasteiger partial charge in [0.2, 0.25) is 8.32 Å². The zero-order valence-corrected chi connectivity index (χ0v) is 22.4. The van der Waals surface area contributed by atoms with Crippen molar-refractivity contribution in [3.8, 4) is 0 Å². The van der Waals surface area contributed by atoms with Gasteiger partial charge in [-0.2, -0.15) is 101 Å². The first-order chi connectivity index (χ1) is 17.5. The van der Waals surface area contributed by atoms with Crippen LogP contribution in [-0.2, 0) is 14.0 Å². The van der Waals surface area contributed by atoms with Crippen LogP contribution in [0.15, 0.2) is 0 Å². The van der Waals surface area contributed by atoms with Crippen LogP contribution in [0.5, 0.6) is 0 Å². The summed E-state index contributed by atoms with van der Waals surface area (Å²) in [5, 5.41) is -9.51. The molecule has 0 bridgehead atoms. The van der Waals surface area contributed by atoms with Crippen molar-refractivity contribution in [3.05, 3.63) is 0 Å². The van der Waals surface area contributed by atoms with Gasteiger partial charge >= 0.3 is 68.9 Å². The molecule has 0 atom stereocenters. The van der Waals surface area contributed by atoms with Gasteiger partial charge in [-0.25, -0.2) is 0 Å². The summed E-state index contributed by atoms with van der Waals surface area (Å²) < 4.78 is 309. The monoisotopic (exact) mass is 714 g/mol. The second-order valence-electron chi connectivity index (χ2n) is 9.91. The fourth-order valence-corrected chi connectivity index (χ4v) is 6.21. The van der Waals surface area contributed by atoms with Crippen molar-refractivity contribution in [2.24, 2.45) is 0 Å². The molecule has 26 heteroatoms. The summed E-state index contributed by atoms with van der Waals surface area (Å²) >= 11 is 0. The van der Waals surface area contributed by atoms with Gasteiger partial charge in [0, 0.05) is 0 Å². The van der Waals surface area contributed by atoms with E-state index in [4.69, 9.17) is 0 Å². The molecule has 42 heavy (non-hydrogen) atoms. The first-order valence-corrected chi connectivity index (χ1v) is 14.2. The molecule has 254 valence electrons. The number of hydrogen-bond acceptors (Lipinski definition) is 3. The summed E-state index contributed by atoms with van der Waals surface area (Å²) in [6.07, 6.45) is -8.08. The molecule has 0 aliphatic heterocycles. The minimum Gasteiger partial charge on any atom is -0.310 e. The van der Waals surface area contributed by atoms with Crippen LogP contribution in [0.25, 0.3) is 0 Å². The normalized spacial score (nSPS) is 17.1. The molecule has 0 amide bonds. The minimum atomic E-state index is -9.36. The maximum atomic E-state index is 14.1. The lowest BCUT2D eigenvalue weighted by Crippen LogP contribution is -2.77. The van der Waals surface area contributed by atoms with E-state index < -0.39 is 82.3 Å². The fourth-order valence-electron chi connectivity index (χ4n) is 2.15. The molecule has 0 aliphatic carbocycles. The Bertz CT molecular complexity index is 1120. The topological polar surface area (TPSA) is 43.4 Å². The highest BCUT2D eigenvalue weighted by molar-refractivity contribution is 7.89. The molecule has 0 aromatic heterocycles. The van der Waals surface area contributed by atoms with Crippen molar-refractivity contribution in [2.45, 2.75) is 97.7 Å². The number of hydrogen-bond donors (Lipinski definition) is 0. The Morgan fingerprint density at radius 2 is 0.643 bits per heavy atom. The Labute approximate surface area is 221 Å². The predicted molar refractivity (Wildman–Crippen MR) is 97.8 cm³/mol. The highest BCUT2D eigenvalue weighted by Crippen LogP contribution is 2.66. The highest BCUT2D eigenvalue weighted by Gasteiger charge is 2.98. The van der Waals surface area contributed by atoms with Crippen LogP contribution in [0.4, 0.5) is 92.2 Å². The first kappa shape index (κ1) is 40.7. The van der Waals surface area contributed by atoms with Gasteiger partial charge in [0.15, 0.2) is 0 Å². The Balaban J connectivity index is 7.30. The van der Waals surface area contributed by atoms with Gasteiger partial charge in [0.05, 0.1) is 0 Å². The predicted octanol–water partition coefficient (Wildman–Crippen LogP) is 8.58. The molecule has 0 aromatic carbocycles. The van der Waals surface area contributed by atoms with E-state index in [1.54, 1.807) is 0 Å². The molecule has 0 rings (SSSR count). The summed E-state index contributed by atoms with van der Waals surface area (Å²) in [6.45, 7) is 4.05. The van der Waals surface area contributed by atoms with Crippen LogP contribution in [0.2, 0.25) is 18.1 Å². The van der Waals surface area contributed by atoms with Crippen molar-refractivity contribution in [1.82, 2.24) is 0 Å². The molecule has 0 unspecified atom stereocenters. The van der Waals surface area contributed by atoms with E-state index in [2.05, 4.69) is 3.87 Å². The zero-order valence-electron chi connectivity index (χ0n) is 20.6. The largest absolute Gasteiger partial charge is 0.460 e. The molecule has 0 aromatic rings. The van der Waals surface area contributed by atoms with Gasteiger partial charge in [-0.05, 0) is 18.1 Å². The molecule has 0 heterocycles. The zero-order chi connectivity index (χ0) is 35.2. The summed E-state index contributed by atoms with van der Waals surface area (Å²) in [7, 11) is -12.2. The lowest BCUT2D eigenvalue weighted by molar-refractivity contribution is -0.472. The van der Waals surface area contributed by atoms with E-state index in [1.807, 2.05) is 0 Å². The molecule has 0 saturated carbocycles. The summed E-state index contributed by atoms with van der Waals surface area (Å²) in [5.41, 5.74) is 0. The van der Waals surface area contributed by atoms with Crippen LogP contribution >= 0.6 is 0 Å². The van der Waals surface area contributed by atoms with Gasteiger partial charge in [0.25, 0.3) is 0 Å².